The number of nitrogens with zero attached hydrogens (tertiary/aromatic N) is 1. The van der Waals surface area contributed by atoms with E-state index in [4.69, 9.17) is 0 Å². The van der Waals surface area contributed by atoms with Gasteiger partial charge < -0.3 is 10.2 Å². The summed E-state index contributed by atoms with van der Waals surface area (Å²) in [7, 11) is 0. The van der Waals surface area contributed by atoms with Gasteiger partial charge in [-0.1, -0.05) is 36.4 Å². The van der Waals surface area contributed by atoms with E-state index in [0.717, 1.165) is 32.5 Å². The summed E-state index contributed by atoms with van der Waals surface area (Å²) in [5, 5.41) is 3.31. The maximum absolute atomic E-state index is 12.0. The molecule has 102 valence electrons. The summed E-state index contributed by atoms with van der Waals surface area (Å²) in [6.45, 7) is 6.20. The highest BCUT2D eigenvalue weighted by Crippen LogP contribution is 2.23. The Balaban J connectivity index is 1.88. The monoisotopic (exact) mass is 258 g/mol. The molecule has 1 aromatic carbocycles. The van der Waals surface area contributed by atoms with Gasteiger partial charge in [-0.25, -0.2) is 0 Å². The minimum atomic E-state index is 0.289. The molecule has 1 aliphatic rings. The Morgan fingerprint density at radius 1 is 1.37 bits per heavy atom. The molecule has 1 unspecified atom stereocenters. The minimum absolute atomic E-state index is 0.289. The van der Waals surface area contributed by atoms with Crippen LogP contribution in [0.3, 0.4) is 0 Å². The van der Waals surface area contributed by atoms with Crippen molar-refractivity contribution in [3.63, 3.8) is 0 Å². The van der Waals surface area contributed by atoms with Gasteiger partial charge in [-0.2, -0.15) is 0 Å². The number of hydrogen-bond donors (Lipinski definition) is 1. The van der Waals surface area contributed by atoms with Crippen molar-refractivity contribution in [2.45, 2.75) is 31.8 Å². The van der Waals surface area contributed by atoms with Crippen molar-refractivity contribution in [1.29, 1.82) is 0 Å². The Hall–Kier alpha value is -1.61. The van der Waals surface area contributed by atoms with E-state index in [-0.39, 0.29) is 5.91 Å². The average Bonchev–Trinajstić information content (AvgIpc) is 2.78. The fourth-order valence-corrected chi connectivity index (χ4v) is 2.56. The molecule has 1 saturated heterocycles. The summed E-state index contributed by atoms with van der Waals surface area (Å²) in [5.74, 6) is 0.289. The first-order valence-electron chi connectivity index (χ1n) is 6.96. The van der Waals surface area contributed by atoms with Crippen LogP contribution in [0.4, 0.5) is 0 Å². The van der Waals surface area contributed by atoms with E-state index < -0.39 is 0 Å². The van der Waals surface area contributed by atoms with Crippen LogP contribution < -0.4 is 5.32 Å². The molecular formula is C16H22N2O. The minimum Gasteiger partial charge on any atom is -0.335 e. The molecule has 0 bridgehead atoms. The maximum Gasteiger partial charge on any atom is 0.223 e. The van der Waals surface area contributed by atoms with E-state index >= 15 is 0 Å². The van der Waals surface area contributed by atoms with Gasteiger partial charge in [0.2, 0.25) is 5.91 Å². The number of nitrogens with one attached hydrogen (secondary N) is 1. The number of amides is 1. The van der Waals surface area contributed by atoms with Crippen molar-refractivity contribution >= 4 is 5.91 Å². The molecule has 3 nitrogen and oxygen atoms in total. The third-order valence-corrected chi connectivity index (χ3v) is 3.59. The normalized spacial score (nSPS) is 18.8. The first-order chi connectivity index (χ1) is 9.31. The highest BCUT2D eigenvalue weighted by Gasteiger charge is 2.30. The third kappa shape index (κ3) is 3.93. The van der Waals surface area contributed by atoms with Crippen molar-refractivity contribution in [3.05, 3.63) is 48.6 Å². The Kier molecular flexibility index (Phi) is 5.16. The lowest BCUT2D eigenvalue weighted by Gasteiger charge is -2.25. The SMILES string of the molecule is C=CCNCCC1CCC(=O)N1Cc1ccccc1. The van der Waals surface area contributed by atoms with E-state index in [1.54, 1.807) is 0 Å². The fourth-order valence-electron chi connectivity index (χ4n) is 2.56. The molecule has 2 rings (SSSR count). The molecule has 1 fully saturated rings. The number of benzene rings is 1. The Labute approximate surface area is 115 Å². The number of rotatable bonds is 7. The molecule has 0 radical (unpaired) electrons. The van der Waals surface area contributed by atoms with Gasteiger partial charge >= 0.3 is 0 Å². The second-order valence-electron chi connectivity index (χ2n) is 4.98. The van der Waals surface area contributed by atoms with E-state index in [1.165, 1.54) is 5.56 Å². The second-order valence-corrected chi connectivity index (χ2v) is 4.98. The van der Waals surface area contributed by atoms with Crippen molar-refractivity contribution in [2.24, 2.45) is 0 Å². The van der Waals surface area contributed by atoms with Crippen molar-refractivity contribution in [1.82, 2.24) is 10.2 Å². The van der Waals surface area contributed by atoms with Crippen LogP contribution >= 0.6 is 0 Å². The van der Waals surface area contributed by atoms with Gasteiger partial charge in [-0.3, -0.25) is 4.79 Å². The summed E-state index contributed by atoms with van der Waals surface area (Å²) in [6, 6.07) is 10.6. The zero-order chi connectivity index (χ0) is 13.5. The van der Waals surface area contributed by atoms with Gasteiger partial charge in [0.25, 0.3) is 0 Å². The van der Waals surface area contributed by atoms with Crippen molar-refractivity contribution < 1.29 is 4.79 Å². The zero-order valence-electron chi connectivity index (χ0n) is 11.3. The lowest BCUT2D eigenvalue weighted by atomic mass is 10.1. The van der Waals surface area contributed by atoms with Crippen LogP contribution in [0.15, 0.2) is 43.0 Å². The Bertz CT molecular complexity index is 416. The van der Waals surface area contributed by atoms with Gasteiger partial charge in [0.1, 0.15) is 0 Å². The number of carbonyl (C=O) groups excluding carboxylic acids is 1. The number of likely N-dealkylation sites (tertiary alicyclic amines) is 1. The van der Waals surface area contributed by atoms with Crippen molar-refractivity contribution in [3.8, 4) is 0 Å². The first kappa shape index (κ1) is 13.8. The Morgan fingerprint density at radius 3 is 2.89 bits per heavy atom. The van der Waals surface area contributed by atoms with E-state index in [2.05, 4.69) is 24.0 Å². The summed E-state index contributed by atoms with van der Waals surface area (Å²) >= 11 is 0. The van der Waals surface area contributed by atoms with Gasteiger partial charge in [0.05, 0.1) is 0 Å². The molecule has 1 amide bonds. The van der Waals surface area contributed by atoms with Crippen LogP contribution in [0, 0.1) is 0 Å². The molecule has 1 atom stereocenters. The molecule has 0 saturated carbocycles. The van der Waals surface area contributed by atoms with Crippen LogP contribution in [0.2, 0.25) is 0 Å². The van der Waals surface area contributed by atoms with E-state index in [1.807, 2.05) is 29.2 Å². The van der Waals surface area contributed by atoms with Crippen LogP contribution in [-0.2, 0) is 11.3 Å². The zero-order valence-corrected chi connectivity index (χ0v) is 11.3. The van der Waals surface area contributed by atoms with Crippen molar-refractivity contribution in [2.75, 3.05) is 13.1 Å². The standard InChI is InChI=1S/C16H22N2O/c1-2-11-17-12-10-15-8-9-16(19)18(15)13-14-6-4-3-5-7-14/h2-7,15,17H,1,8-13H2. The van der Waals surface area contributed by atoms with Gasteiger partial charge in [0.15, 0.2) is 0 Å². The summed E-state index contributed by atoms with van der Waals surface area (Å²) in [4.78, 5) is 14.0. The average molecular weight is 258 g/mol. The van der Waals surface area contributed by atoms with Crippen LogP contribution in [0.1, 0.15) is 24.8 Å². The summed E-state index contributed by atoms with van der Waals surface area (Å²) in [5.41, 5.74) is 1.21. The third-order valence-electron chi connectivity index (χ3n) is 3.59. The van der Waals surface area contributed by atoms with Crippen LogP contribution in [0.25, 0.3) is 0 Å². The number of carbonyl (C=O) groups is 1. The molecule has 3 heteroatoms. The van der Waals surface area contributed by atoms with Crippen LogP contribution in [-0.4, -0.2) is 29.9 Å². The van der Waals surface area contributed by atoms with E-state index in [0.29, 0.717) is 12.5 Å². The molecule has 0 aromatic heterocycles. The predicted octanol–water partition coefficient (Wildman–Crippen LogP) is 2.34. The molecule has 1 aromatic rings. The quantitative estimate of drug-likeness (QED) is 0.601. The largest absolute Gasteiger partial charge is 0.335 e. The lowest BCUT2D eigenvalue weighted by Crippen LogP contribution is -2.34. The molecule has 1 heterocycles. The molecule has 19 heavy (non-hydrogen) atoms. The van der Waals surface area contributed by atoms with Crippen LogP contribution in [0.5, 0.6) is 0 Å². The lowest BCUT2D eigenvalue weighted by molar-refractivity contribution is -0.129. The van der Waals surface area contributed by atoms with Gasteiger partial charge in [-0.05, 0) is 24.9 Å². The maximum atomic E-state index is 12.0. The highest BCUT2D eigenvalue weighted by atomic mass is 16.2. The highest BCUT2D eigenvalue weighted by molar-refractivity contribution is 5.78. The number of hydrogen-bond acceptors (Lipinski definition) is 2. The smallest absolute Gasteiger partial charge is 0.223 e. The molecule has 1 aliphatic heterocycles. The molecule has 0 aliphatic carbocycles. The summed E-state index contributed by atoms with van der Waals surface area (Å²) < 4.78 is 0. The molecule has 1 N–H and O–H groups in total. The first-order valence-corrected chi connectivity index (χ1v) is 6.96. The predicted molar refractivity (Wildman–Crippen MR) is 77.7 cm³/mol. The molecule has 0 spiro atoms. The molecular weight excluding hydrogens is 236 g/mol. The fraction of sp³-hybridized carbons (Fsp3) is 0.438. The summed E-state index contributed by atoms with van der Waals surface area (Å²) in [6.07, 6.45) is 4.56. The Morgan fingerprint density at radius 2 is 2.16 bits per heavy atom. The topological polar surface area (TPSA) is 32.3 Å². The van der Waals surface area contributed by atoms with Gasteiger partial charge in [0, 0.05) is 25.6 Å². The second kappa shape index (κ2) is 7.10. The van der Waals surface area contributed by atoms with E-state index in [9.17, 15) is 4.79 Å². The van der Waals surface area contributed by atoms with Gasteiger partial charge in [-0.15, -0.1) is 6.58 Å².